The largest absolute Gasteiger partial charge is 0.336 e. The van der Waals surface area contributed by atoms with Crippen molar-refractivity contribution in [3.05, 3.63) is 16.6 Å². The van der Waals surface area contributed by atoms with E-state index in [0.29, 0.717) is 6.54 Å². The summed E-state index contributed by atoms with van der Waals surface area (Å²) in [6.45, 7) is 5.88. The van der Waals surface area contributed by atoms with E-state index in [1.165, 1.54) is 0 Å². The summed E-state index contributed by atoms with van der Waals surface area (Å²) in [5.41, 5.74) is 1.84. The van der Waals surface area contributed by atoms with Crippen molar-refractivity contribution < 1.29 is 4.79 Å². The number of aromatic nitrogens is 1. The summed E-state index contributed by atoms with van der Waals surface area (Å²) in [5, 5.41) is 3.19. The van der Waals surface area contributed by atoms with Crippen molar-refractivity contribution in [2.75, 3.05) is 13.6 Å². The molecule has 1 aliphatic rings. The number of amides is 1. The quantitative estimate of drug-likeness (QED) is 0.909. The minimum atomic E-state index is -0.0899. The Kier molecular flexibility index (Phi) is 4.02. The van der Waals surface area contributed by atoms with Gasteiger partial charge < -0.3 is 10.2 Å². The van der Waals surface area contributed by atoms with E-state index in [1.807, 2.05) is 23.7 Å². The van der Waals surface area contributed by atoms with Gasteiger partial charge in [-0.3, -0.25) is 9.78 Å². The van der Waals surface area contributed by atoms with Gasteiger partial charge in [-0.05, 0) is 25.3 Å². The summed E-state index contributed by atoms with van der Waals surface area (Å²) in [5.74, 6) is 0.216. The zero-order valence-electron chi connectivity index (χ0n) is 11.3. The molecule has 100 valence electrons. The molecule has 4 nitrogen and oxygen atoms in total. The lowest BCUT2D eigenvalue weighted by Crippen LogP contribution is -2.50. The van der Waals surface area contributed by atoms with Gasteiger partial charge in [0, 0.05) is 17.6 Å². The van der Waals surface area contributed by atoms with E-state index in [4.69, 9.17) is 0 Å². The third-order valence-corrected chi connectivity index (χ3v) is 4.47. The van der Waals surface area contributed by atoms with Gasteiger partial charge in [-0.15, -0.1) is 11.3 Å². The first-order valence-corrected chi connectivity index (χ1v) is 7.26. The Morgan fingerprint density at radius 1 is 1.61 bits per heavy atom. The second kappa shape index (κ2) is 5.36. The van der Waals surface area contributed by atoms with Crippen molar-refractivity contribution in [3.63, 3.8) is 0 Å². The Labute approximate surface area is 112 Å². The van der Waals surface area contributed by atoms with E-state index < -0.39 is 0 Å². The Morgan fingerprint density at radius 3 is 3.00 bits per heavy atom. The molecule has 1 amide bonds. The molecule has 1 aromatic heterocycles. The minimum absolute atomic E-state index is 0.0221. The van der Waals surface area contributed by atoms with Crippen LogP contribution in [0.1, 0.15) is 31.6 Å². The molecule has 0 aromatic carbocycles. The topological polar surface area (TPSA) is 45.2 Å². The number of likely N-dealkylation sites (tertiary alicyclic amines) is 1. The predicted octanol–water partition coefficient (Wildman–Crippen LogP) is 1.88. The lowest BCUT2D eigenvalue weighted by atomic mass is 9.80. The normalized spacial score (nSPS) is 24.1. The van der Waals surface area contributed by atoms with Gasteiger partial charge in [-0.1, -0.05) is 13.8 Å². The van der Waals surface area contributed by atoms with E-state index in [9.17, 15) is 4.79 Å². The maximum Gasteiger partial charge on any atom is 0.240 e. The molecule has 1 saturated heterocycles. The Balaban J connectivity index is 2.14. The third kappa shape index (κ3) is 2.72. The second-order valence-corrected chi connectivity index (χ2v) is 6.51. The first-order valence-electron chi connectivity index (χ1n) is 6.38. The van der Waals surface area contributed by atoms with Crippen LogP contribution in [-0.4, -0.2) is 35.4 Å². The van der Waals surface area contributed by atoms with Crippen LogP contribution in [0.5, 0.6) is 0 Å². The molecule has 2 heterocycles. The first kappa shape index (κ1) is 13.5. The number of rotatable bonds is 3. The number of carbonyl (C=O) groups is 1. The standard InChI is InChI=1S/C13H21N3OS/c1-13(2)5-4-6-16(12(17)11(13)14-3)8-10-7-15-9-18-10/h7,9,11,14H,4-6,8H2,1-3H3. The number of carbonyl (C=O) groups excluding carboxylic acids is 1. The van der Waals surface area contributed by atoms with Crippen molar-refractivity contribution >= 4 is 17.2 Å². The van der Waals surface area contributed by atoms with Gasteiger partial charge in [0.05, 0.1) is 18.1 Å². The molecule has 0 radical (unpaired) electrons. The number of likely N-dealkylation sites (N-methyl/N-ethyl adjacent to an activating group) is 1. The van der Waals surface area contributed by atoms with Crippen molar-refractivity contribution in [2.45, 2.75) is 39.3 Å². The molecule has 1 fully saturated rings. The highest BCUT2D eigenvalue weighted by molar-refractivity contribution is 7.09. The smallest absolute Gasteiger partial charge is 0.240 e. The van der Waals surface area contributed by atoms with Crippen LogP contribution < -0.4 is 5.32 Å². The fourth-order valence-electron chi connectivity index (χ4n) is 2.68. The zero-order valence-corrected chi connectivity index (χ0v) is 12.1. The van der Waals surface area contributed by atoms with Crippen molar-refractivity contribution in [2.24, 2.45) is 5.41 Å². The van der Waals surface area contributed by atoms with Gasteiger partial charge >= 0.3 is 0 Å². The number of hydrogen-bond acceptors (Lipinski definition) is 4. The van der Waals surface area contributed by atoms with E-state index in [2.05, 4.69) is 24.1 Å². The second-order valence-electron chi connectivity index (χ2n) is 5.54. The average Bonchev–Trinajstić information content (AvgIpc) is 2.77. The van der Waals surface area contributed by atoms with E-state index in [1.54, 1.807) is 11.3 Å². The van der Waals surface area contributed by atoms with Crippen LogP contribution in [0.4, 0.5) is 0 Å². The molecule has 5 heteroatoms. The summed E-state index contributed by atoms with van der Waals surface area (Å²) < 4.78 is 0. The highest BCUT2D eigenvalue weighted by Crippen LogP contribution is 2.31. The molecule has 1 N–H and O–H groups in total. The van der Waals surface area contributed by atoms with Crippen LogP contribution in [0.3, 0.4) is 0 Å². The third-order valence-electron chi connectivity index (χ3n) is 3.71. The zero-order chi connectivity index (χ0) is 13.2. The molecule has 1 atom stereocenters. The lowest BCUT2D eigenvalue weighted by molar-refractivity contribution is -0.135. The molecule has 0 aliphatic carbocycles. The van der Waals surface area contributed by atoms with E-state index >= 15 is 0 Å². The predicted molar refractivity (Wildman–Crippen MR) is 73.4 cm³/mol. The van der Waals surface area contributed by atoms with Crippen LogP contribution in [-0.2, 0) is 11.3 Å². The van der Waals surface area contributed by atoms with Crippen LogP contribution in [0.15, 0.2) is 11.7 Å². The molecule has 2 rings (SSSR count). The molecule has 0 bridgehead atoms. The van der Waals surface area contributed by atoms with Crippen molar-refractivity contribution in [1.29, 1.82) is 0 Å². The number of nitrogens with one attached hydrogen (secondary N) is 1. The summed E-state index contributed by atoms with van der Waals surface area (Å²) in [4.78, 5) is 19.7. The monoisotopic (exact) mass is 267 g/mol. The van der Waals surface area contributed by atoms with Gasteiger partial charge in [-0.2, -0.15) is 0 Å². The van der Waals surface area contributed by atoms with E-state index in [-0.39, 0.29) is 17.4 Å². The fourth-order valence-corrected chi connectivity index (χ4v) is 3.29. The highest BCUT2D eigenvalue weighted by Gasteiger charge is 2.38. The molecule has 18 heavy (non-hydrogen) atoms. The minimum Gasteiger partial charge on any atom is -0.336 e. The fraction of sp³-hybridized carbons (Fsp3) is 0.692. The van der Waals surface area contributed by atoms with Crippen molar-refractivity contribution in [3.8, 4) is 0 Å². The molecule has 0 spiro atoms. The lowest BCUT2D eigenvalue weighted by Gasteiger charge is -2.32. The molecule has 0 saturated carbocycles. The summed E-state index contributed by atoms with van der Waals surface area (Å²) >= 11 is 1.61. The van der Waals surface area contributed by atoms with Crippen LogP contribution in [0.2, 0.25) is 0 Å². The summed E-state index contributed by atoms with van der Waals surface area (Å²) in [6.07, 6.45) is 3.99. The molecule has 1 aliphatic heterocycles. The van der Waals surface area contributed by atoms with Crippen LogP contribution in [0, 0.1) is 5.41 Å². The number of nitrogens with zero attached hydrogens (tertiary/aromatic N) is 2. The van der Waals surface area contributed by atoms with Gasteiger partial charge in [0.25, 0.3) is 0 Å². The molecular formula is C13H21N3OS. The van der Waals surface area contributed by atoms with Gasteiger partial charge in [0.1, 0.15) is 0 Å². The maximum atomic E-state index is 12.6. The Morgan fingerprint density at radius 2 is 2.39 bits per heavy atom. The maximum absolute atomic E-state index is 12.6. The van der Waals surface area contributed by atoms with Crippen LogP contribution >= 0.6 is 11.3 Å². The molecule has 1 aromatic rings. The van der Waals surface area contributed by atoms with Gasteiger partial charge in [0.15, 0.2) is 0 Å². The summed E-state index contributed by atoms with van der Waals surface area (Å²) in [6, 6.07) is -0.0899. The molecular weight excluding hydrogens is 246 g/mol. The molecule has 1 unspecified atom stereocenters. The average molecular weight is 267 g/mol. The van der Waals surface area contributed by atoms with Gasteiger partial charge in [-0.25, -0.2) is 0 Å². The van der Waals surface area contributed by atoms with Crippen LogP contribution in [0.25, 0.3) is 0 Å². The first-order chi connectivity index (χ1) is 8.54. The highest BCUT2D eigenvalue weighted by atomic mass is 32.1. The Bertz CT molecular complexity index is 402. The van der Waals surface area contributed by atoms with Gasteiger partial charge in [0.2, 0.25) is 5.91 Å². The number of thiazole rings is 1. The number of hydrogen-bond donors (Lipinski definition) is 1. The van der Waals surface area contributed by atoms with E-state index in [0.717, 1.165) is 24.3 Å². The van der Waals surface area contributed by atoms with Crippen molar-refractivity contribution in [1.82, 2.24) is 15.2 Å². The SMILES string of the molecule is CNC1C(=O)N(Cc2cncs2)CCCC1(C)C. The Hall–Kier alpha value is -0.940. The summed E-state index contributed by atoms with van der Waals surface area (Å²) in [7, 11) is 1.88.